The second kappa shape index (κ2) is 6.65. The predicted molar refractivity (Wildman–Crippen MR) is 79.7 cm³/mol. The van der Waals surface area contributed by atoms with Gasteiger partial charge in [0.1, 0.15) is 6.33 Å². The summed E-state index contributed by atoms with van der Waals surface area (Å²) in [5.74, 6) is 0.502. The van der Waals surface area contributed by atoms with E-state index in [1.165, 1.54) is 6.33 Å². The van der Waals surface area contributed by atoms with E-state index in [4.69, 9.17) is 4.74 Å². The zero-order chi connectivity index (χ0) is 15.4. The Hall–Kier alpha value is -2.28. The first-order chi connectivity index (χ1) is 10.8. The molecule has 7 nitrogen and oxygen atoms in total. The lowest BCUT2D eigenvalue weighted by molar-refractivity contribution is 0.0731. The molecule has 7 heteroatoms. The van der Waals surface area contributed by atoms with E-state index in [1.807, 2.05) is 36.1 Å². The van der Waals surface area contributed by atoms with Gasteiger partial charge in [0.2, 0.25) is 0 Å². The average molecular weight is 301 g/mol. The summed E-state index contributed by atoms with van der Waals surface area (Å²) >= 11 is 0. The molecule has 1 atom stereocenters. The molecule has 22 heavy (non-hydrogen) atoms. The van der Waals surface area contributed by atoms with Gasteiger partial charge in [-0.15, -0.1) is 5.10 Å². The molecule has 1 aromatic heterocycles. The molecule has 1 aliphatic rings. The molecule has 0 N–H and O–H groups in total. The van der Waals surface area contributed by atoms with E-state index < -0.39 is 0 Å². The van der Waals surface area contributed by atoms with Crippen LogP contribution >= 0.6 is 0 Å². The molecule has 2 heterocycles. The minimum atomic E-state index is 0.0534. The molecule has 0 saturated carbocycles. The fourth-order valence-corrected chi connectivity index (χ4v) is 2.61. The Morgan fingerprint density at radius 3 is 2.82 bits per heavy atom. The van der Waals surface area contributed by atoms with Gasteiger partial charge in [-0.3, -0.25) is 4.79 Å². The van der Waals surface area contributed by atoms with Crippen LogP contribution in [0.25, 0.3) is 5.69 Å². The van der Waals surface area contributed by atoms with E-state index in [2.05, 4.69) is 15.5 Å². The molecule has 1 saturated heterocycles. The second-order valence-electron chi connectivity index (χ2n) is 5.37. The van der Waals surface area contributed by atoms with Crippen molar-refractivity contribution < 1.29 is 9.53 Å². The third-order valence-corrected chi connectivity index (χ3v) is 3.90. The predicted octanol–water partition coefficient (Wildman–Crippen LogP) is 1.16. The Bertz CT molecular complexity index is 605. The van der Waals surface area contributed by atoms with Gasteiger partial charge in [-0.1, -0.05) is 0 Å². The Balaban J connectivity index is 1.70. The molecule has 0 spiro atoms. The molecule has 0 aliphatic carbocycles. The third kappa shape index (κ3) is 3.14. The summed E-state index contributed by atoms with van der Waals surface area (Å²) in [5, 5.41) is 11.0. The standard InChI is InChI=1S/C15H19N5O2/c1-2-19(9-12-7-8-22-10-12)15(21)13-3-5-14(6-4-13)20-11-16-17-18-20/h3-6,11-12H,2,7-10H2,1H3/t12-/m0/s1. The molecule has 1 amide bonds. The molecule has 3 rings (SSSR count). The van der Waals surface area contributed by atoms with Crippen molar-refractivity contribution in [3.63, 3.8) is 0 Å². The summed E-state index contributed by atoms with van der Waals surface area (Å²) in [6.45, 7) is 5.01. The maximum atomic E-state index is 12.6. The highest BCUT2D eigenvalue weighted by atomic mass is 16.5. The first-order valence-corrected chi connectivity index (χ1v) is 7.48. The molecular formula is C15H19N5O2. The van der Waals surface area contributed by atoms with Gasteiger partial charge in [-0.2, -0.15) is 0 Å². The number of benzene rings is 1. The second-order valence-corrected chi connectivity index (χ2v) is 5.37. The van der Waals surface area contributed by atoms with Crippen LogP contribution in [0, 0.1) is 5.92 Å². The fraction of sp³-hybridized carbons (Fsp3) is 0.467. The van der Waals surface area contributed by atoms with Crippen LogP contribution in [-0.2, 0) is 4.74 Å². The van der Waals surface area contributed by atoms with E-state index >= 15 is 0 Å². The van der Waals surface area contributed by atoms with Crippen LogP contribution in [0.1, 0.15) is 23.7 Å². The summed E-state index contributed by atoms with van der Waals surface area (Å²) in [7, 11) is 0. The Morgan fingerprint density at radius 2 is 2.23 bits per heavy atom. The van der Waals surface area contributed by atoms with Crippen molar-refractivity contribution in [3.05, 3.63) is 36.2 Å². The number of carbonyl (C=O) groups is 1. The summed E-state index contributed by atoms with van der Waals surface area (Å²) in [6.07, 6.45) is 2.55. The summed E-state index contributed by atoms with van der Waals surface area (Å²) in [6, 6.07) is 7.31. The number of ether oxygens (including phenoxy) is 1. The lowest BCUT2D eigenvalue weighted by atomic mass is 10.1. The van der Waals surface area contributed by atoms with Gasteiger partial charge in [0.15, 0.2) is 0 Å². The van der Waals surface area contributed by atoms with Crippen molar-refractivity contribution in [2.45, 2.75) is 13.3 Å². The number of rotatable bonds is 5. The quantitative estimate of drug-likeness (QED) is 0.828. The monoisotopic (exact) mass is 301 g/mol. The first-order valence-electron chi connectivity index (χ1n) is 7.48. The van der Waals surface area contributed by atoms with Crippen molar-refractivity contribution in [2.75, 3.05) is 26.3 Å². The zero-order valence-electron chi connectivity index (χ0n) is 12.6. The third-order valence-electron chi connectivity index (χ3n) is 3.90. The SMILES string of the molecule is CCN(C[C@@H]1CCOC1)C(=O)c1ccc(-n2cnnn2)cc1. The van der Waals surface area contributed by atoms with Crippen molar-refractivity contribution in [2.24, 2.45) is 5.92 Å². The average Bonchev–Trinajstić information content (AvgIpc) is 3.25. The smallest absolute Gasteiger partial charge is 0.253 e. The highest BCUT2D eigenvalue weighted by molar-refractivity contribution is 5.94. The van der Waals surface area contributed by atoms with Gasteiger partial charge in [0.05, 0.1) is 12.3 Å². The lowest BCUT2D eigenvalue weighted by Gasteiger charge is -2.23. The maximum Gasteiger partial charge on any atom is 0.253 e. The van der Waals surface area contributed by atoms with Crippen LogP contribution < -0.4 is 0 Å². The first kappa shape index (κ1) is 14.6. The van der Waals surface area contributed by atoms with E-state index in [0.29, 0.717) is 18.0 Å². The van der Waals surface area contributed by atoms with E-state index in [9.17, 15) is 4.79 Å². The number of amides is 1. The number of carbonyl (C=O) groups excluding carboxylic acids is 1. The molecule has 0 radical (unpaired) electrons. The van der Waals surface area contributed by atoms with Crippen LogP contribution in [0.5, 0.6) is 0 Å². The number of aromatic nitrogens is 4. The minimum absolute atomic E-state index is 0.0534. The van der Waals surface area contributed by atoms with Crippen molar-refractivity contribution >= 4 is 5.91 Å². The van der Waals surface area contributed by atoms with Gasteiger partial charge >= 0.3 is 0 Å². The Kier molecular flexibility index (Phi) is 4.43. The largest absolute Gasteiger partial charge is 0.381 e. The van der Waals surface area contributed by atoms with Gasteiger partial charge in [-0.25, -0.2) is 4.68 Å². The number of nitrogens with zero attached hydrogens (tertiary/aromatic N) is 5. The number of hydrogen-bond acceptors (Lipinski definition) is 5. The van der Waals surface area contributed by atoms with E-state index in [1.54, 1.807) is 4.68 Å². The highest BCUT2D eigenvalue weighted by Crippen LogP contribution is 2.16. The summed E-state index contributed by atoms with van der Waals surface area (Å²) in [5.41, 5.74) is 1.51. The topological polar surface area (TPSA) is 73.1 Å². The zero-order valence-corrected chi connectivity index (χ0v) is 12.6. The van der Waals surface area contributed by atoms with E-state index in [-0.39, 0.29) is 5.91 Å². The number of hydrogen-bond donors (Lipinski definition) is 0. The van der Waals surface area contributed by atoms with Crippen LogP contribution in [0.2, 0.25) is 0 Å². The van der Waals surface area contributed by atoms with Crippen LogP contribution in [0.15, 0.2) is 30.6 Å². The molecule has 0 bridgehead atoms. The highest BCUT2D eigenvalue weighted by Gasteiger charge is 2.22. The fourth-order valence-electron chi connectivity index (χ4n) is 2.61. The minimum Gasteiger partial charge on any atom is -0.381 e. The maximum absolute atomic E-state index is 12.6. The summed E-state index contributed by atoms with van der Waals surface area (Å²) in [4.78, 5) is 14.5. The molecule has 1 fully saturated rings. The van der Waals surface area contributed by atoms with Gasteiger partial charge < -0.3 is 9.64 Å². The lowest BCUT2D eigenvalue weighted by Crippen LogP contribution is -2.35. The molecule has 1 aromatic carbocycles. The van der Waals surface area contributed by atoms with Crippen LogP contribution in [0.3, 0.4) is 0 Å². The number of tetrazole rings is 1. The van der Waals surface area contributed by atoms with Crippen molar-refractivity contribution in [1.29, 1.82) is 0 Å². The van der Waals surface area contributed by atoms with Crippen molar-refractivity contribution in [1.82, 2.24) is 25.1 Å². The normalized spacial score (nSPS) is 17.6. The van der Waals surface area contributed by atoms with Crippen LogP contribution in [-0.4, -0.2) is 57.3 Å². The van der Waals surface area contributed by atoms with E-state index in [0.717, 1.165) is 31.9 Å². The van der Waals surface area contributed by atoms with Gasteiger partial charge in [-0.05, 0) is 48.0 Å². The molecular weight excluding hydrogens is 282 g/mol. The molecule has 1 aliphatic heterocycles. The van der Waals surface area contributed by atoms with Crippen LogP contribution in [0.4, 0.5) is 0 Å². The Labute approximate surface area is 128 Å². The van der Waals surface area contributed by atoms with Gasteiger partial charge in [0.25, 0.3) is 5.91 Å². The van der Waals surface area contributed by atoms with Crippen molar-refractivity contribution in [3.8, 4) is 5.69 Å². The molecule has 2 aromatic rings. The molecule has 116 valence electrons. The Morgan fingerprint density at radius 1 is 1.41 bits per heavy atom. The summed E-state index contributed by atoms with van der Waals surface area (Å²) < 4.78 is 6.94. The molecule has 0 unspecified atom stereocenters. The van der Waals surface area contributed by atoms with Gasteiger partial charge in [0, 0.05) is 31.2 Å².